The summed E-state index contributed by atoms with van der Waals surface area (Å²) in [7, 11) is 1.65. The van der Waals surface area contributed by atoms with Crippen LogP contribution in [0.15, 0.2) is 53.0 Å². The van der Waals surface area contributed by atoms with Gasteiger partial charge in [0.15, 0.2) is 0 Å². The van der Waals surface area contributed by atoms with Gasteiger partial charge < -0.3 is 4.74 Å². The molecule has 0 amide bonds. The zero-order chi connectivity index (χ0) is 12.1. The summed E-state index contributed by atoms with van der Waals surface area (Å²) in [5.41, 5.74) is 1.95. The Bertz CT molecular complexity index is 561. The summed E-state index contributed by atoms with van der Waals surface area (Å²) in [5.74, 6) is 7.05. The predicted octanol–water partition coefficient (Wildman–Crippen LogP) is 3.86. The Hall–Kier alpha value is -1.72. The minimum Gasteiger partial charge on any atom is -0.497 e. The first-order valence-corrected chi connectivity index (χ1v) is 5.99. The van der Waals surface area contributed by atoms with Crippen LogP contribution in [0.3, 0.4) is 0 Å². The number of hydrogen-bond acceptors (Lipinski definition) is 1. The van der Waals surface area contributed by atoms with Crippen LogP contribution in [-0.2, 0) is 0 Å². The van der Waals surface area contributed by atoms with Gasteiger partial charge in [-0.25, -0.2) is 0 Å². The lowest BCUT2D eigenvalue weighted by molar-refractivity contribution is 0.414. The third-order valence-corrected chi connectivity index (χ3v) is 2.79. The third kappa shape index (κ3) is 3.37. The van der Waals surface area contributed by atoms with Crippen molar-refractivity contribution in [3.8, 4) is 17.6 Å². The summed E-state index contributed by atoms with van der Waals surface area (Å²) in [4.78, 5) is 0. The summed E-state index contributed by atoms with van der Waals surface area (Å²) < 4.78 is 6.21. The molecular weight excluding hydrogens is 276 g/mol. The first kappa shape index (κ1) is 11.8. The molecule has 2 heteroatoms. The molecule has 1 nitrogen and oxygen atoms in total. The fraction of sp³-hybridized carbons (Fsp3) is 0.0667. The molecule has 0 N–H and O–H groups in total. The molecule has 0 aliphatic heterocycles. The van der Waals surface area contributed by atoms with Gasteiger partial charge in [-0.3, -0.25) is 0 Å². The Morgan fingerprint density at radius 2 is 1.65 bits per heavy atom. The normalized spacial score (nSPS) is 9.29. The largest absolute Gasteiger partial charge is 0.497 e. The molecule has 0 bridgehead atoms. The molecular formula is C15H11BrO. The second-order valence-electron chi connectivity index (χ2n) is 3.49. The van der Waals surface area contributed by atoms with Crippen molar-refractivity contribution in [3.05, 3.63) is 64.1 Å². The molecule has 2 rings (SSSR count). The lowest BCUT2D eigenvalue weighted by Crippen LogP contribution is -1.83. The standard InChI is InChI=1S/C15H11BrO/c1-17-15-4-2-3-13(11-15)6-5-12-7-9-14(16)10-8-12/h2-4,7-11H,1H3. The molecule has 0 aliphatic rings. The van der Waals surface area contributed by atoms with Gasteiger partial charge >= 0.3 is 0 Å². The fourth-order valence-corrected chi connectivity index (χ4v) is 1.64. The van der Waals surface area contributed by atoms with Gasteiger partial charge in [-0.05, 0) is 42.5 Å². The molecule has 0 saturated heterocycles. The Morgan fingerprint density at radius 1 is 0.941 bits per heavy atom. The van der Waals surface area contributed by atoms with E-state index in [1.54, 1.807) is 7.11 Å². The van der Waals surface area contributed by atoms with E-state index in [2.05, 4.69) is 27.8 Å². The first-order chi connectivity index (χ1) is 8.28. The maximum Gasteiger partial charge on any atom is 0.120 e. The topological polar surface area (TPSA) is 9.23 Å². The van der Waals surface area contributed by atoms with Crippen LogP contribution >= 0.6 is 15.9 Å². The van der Waals surface area contributed by atoms with Crippen molar-refractivity contribution in [1.29, 1.82) is 0 Å². The van der Waals surface area contributed by atoms with Crippen molar-refractivity contribution in [2.45, 2.75) is 0 Å². The molecule has 0 spiro atoms. The van der Waals surface area contributed by atoms with Crippen molar-refractivity contribution in [2.24, 2.45) is 0 Å². The third-order valence-electron chi connectivity index (χ3n) is 2.27. The number of rotatable bonds is 1. The van der Waals surface area contributed by atoms with E-state index in [9.17, 15) is 0 Å². The molecule has 0 unspecified atom stereocenters. The van der Waals surface area contributed by atoms with Gasteiger partial charge in [-0.15, -0.1) is 0 Å². The summed E-state index contributed by atoms with van der Waals surface area (Å²) in [6.07, 6.45) is 0. The molecule has 0 fully saturated rings. The highest BCUT2D eigenvalue weighted by molar-refractivity contribution is 9.10. The van der Waals surface area contributed by atoms with Crippen LogP contribution in [0.5, 0.6) is 5.75 Å². The van der Waals surface area contributed by atoms with Gasteiger partial charge in [-0.1, -0.05) is 33.8 Å². The minimum absolute atomic E-state index is 0.826. The molecule has 84 valence electrons. The van der Waals surface area contributed by atoms with Crippen molar-refractivity contribution in [2.75, 3.05) is 7.11 Å². The van der Waals surface area contributed by atoms with E-state index in [0.29, 0.717) is 0 Å². The molecule has 0 atom stereocenters. The highest BCUT2D eigenvalue weighted by Crippen LogP contribution is 2.12. The quantitative estimate of drug-likeness (QED) is 0.724. The Kier molecular flexibility index (Phi) is 3.85. The van der Waals surface area contributed by atoms with E-state index in [0.717, 1.165) is 21.3 Å². The smallest absolute Gasteiger partial charge is 0.120 e. The first-order valence-electron chi connectivity index (χ1n) is 5.19. The van der Waals surface area contributed by atoms with Crippen LogP contribution in [0.4, 0.5) is 0 Å². The average molecular weight is 287 g/mol. The highest BCUT2D eigenvalue weighted by atomic mass is 79.9. The van der Waals surface area contributed by atoms with Crippen LogP contribution < -0.4 is 4.74 Å². The number of benzene rings is 2. The van der Waals surface area contributed by atoms with Crippen LogP contribution in [0.2, 0.25) is 0 Å². The Balaban J connectivity index is 2.23. The van der Waals surface area contributed by atoms with Crippen LogP contribution in [0.1, 0.15) is 11.1 Å². The zero-order valence-corrected chi connectivity index (χ0v) is 11.0. The molecule has 0 radical (unpaired) electrons. The number of hydrogen-bond donors (Lipinski definition) is 0. The van der Waals surface area contributed by atoms with E-state index in [4.69, 9.17) is 4.74 Å². The Morgan fingerprint density at radius 3 is 2.35 bits per heavy atom. The predicted molar refractivity (Wildman–Crippen MR) is 73.1 cm³/mol. The van der Waals surface area contributed by atoms with Crippen LogP contribution in [-0.4, -0.2) is 7.11 Å². The van der Waals surface area contributed by atoms with Gasteiger partial charge in [0.2, 0.25) is 0 Å². The summed E-state index contributed by atoms with van der Waals surface area (Å²) in [6.45, 7) is 0. The molecule has 17 heavy (non-hydrogen) atoms. The lowest BCUT2D eigenvalue weighted by atomic mass is 10.2. The monoisotopic (exact) mass is 286 g/mol. The lowest BCUT2D eigenvalue weighted by Gasteiger charge is -1.98. The van der Waals surface area contributed by atoms with Crippen LogP contribution in [0.25, 0.3) is 0 Å². The van der Waals surface area contributed by atoms with E-state index in [-0.39, 0.29) is 0 Å². The van der Waals surface area contributed by atoms with Crippen molar-refractivity contribution < 1.29 is 4.74 Å². The highest BCUT2D eigenvalue weighted by Gasteiger charge is 1.91. The zero-order valence-electron chi connectivity index (χ0n) is 9.41. The van der Waals surface area contributed by atoms with Crippen molar-refractivity contribution >= 4 is 15.9 Å². The fourth-order valence-electron chi connectivity index (χ4n) is 1.38. The van der Waals surface area contributed by atoms with Crippen LogP contribution in [0, 0.1) is 11.8 Å². The maximum absolute atomic E-state index is 5.15. The van der Waals surface area contributed by atoms with E-state index in [1.165, 1.54) is 0 Å². The molecule has 0 saturated carbocycles. The summed E-state index contributed by atoms with van der Waals surface area (Å²) >= 11 is 3.40. The number of methoxy groups -OCH3 is 1. The van der Waals surface area contributed by atoms with Gasteiger partial charge in [0.25, 0.3) is 0 Å². The second-order valence-corrected chi connectivity index (χ2v) is 4.40. The summed E-state index contributed by atoms with van der Waals surface area (Å²) in [5, 5.41) is 0. The van der Waals surface area contributed by atoms with E-state index in [1.807, 2.05) is 48.5 Å². The van der Waals surface area contributed by atoms with Crippen molar-refractivity contribution in [3.63, 3.8) is 0 Å². The van der Waals surface area contributed by atoms with Crippen molar-refractivity contribution in [1.82, 2.24) is 0 Å². The average Bonchev–Trinajstić information content (AvgIpc) is 2.38. The van der Waals surface area contributed by atoms with E-state index >= 15 is 0 Å². The van der Waals surface area contributed by atoms with Gasteiger partial charge in [0.1, 0.15) is 5.75 Å². The second kappa shape index (κ2) is 5.56. The minimum atomic E-state index is 0.826. The Labute approximate surface area is 110 Å². The molecule has 0 heterocycles. The summed E-state index contributed by atoms with van der Waals surface area (Å²) in [6, 6.07) is 15.7. The number of ether oxygens (including phenoxy) is 1. The molecule has 2 aromatic carbocycles. The van der Waals surface area contributed by atoms with E-state index < -0.39 is 0 Å². The molecule has 0 aromatic heterocycles. The van der Waals surface area contributed by atoms with Gasteiger partial charge in [0.05, 0.1) is 7.11 Å². The van der Waals surface area contributed by atoms with Gasteiger partial charge in [-0.2, -0.15) is 0 Å². The van der Waals surface area contributed by atoms with Gasteiger partial charge in [0, 0.05) is 15.6 Å². The SMILES string of the molecule is COc1cccc(C#Cc2ccc(Br)cc2)c1. The molecule has 2 aromatic rings. The maximum atomic E-state index is 5.15. The molecule has 0 aliphatic carbocycles. The number of halogens is 1.